The summed E-state index contributed by atoms with van der Waals surface area (Å²) in [6, 6.07) is 0. The molecular formula is C11H18O2. The molecule has 4 aliphatic rings. The van der Waals surface area contributed by atoms with Crippen LogP contribution in [0.25, 0.3) is 0 Å². The molecule has 3 saturated carbocycles. The fourth-order valence-corrected chi connectivity index (χ4v) is 3.86. The number of epoxide rings is 1. The van der Waals surface area contributed by atoms with Gasteiger partial charge in [0, 0.05) is 13.0 Å². The van der Waals surface area contributed by atoms with Crippen LogP contribution in [-0.4, -0.2) is 23.4 Å². The molecule has 4 rings (SSSR count). The summed E-state index contributed by atoms with van der Waals surface area (Å²) in [5.41, 5.74) is 0.579. The maximum absolute atomic E-state index is 9.04. The molecule has 0 radical (unpaired) electrons. The average Bonchev–Trinajstić information content (AvgIpc) is 2.77. The van der Waals surface area contributed by atoms with Gasteiger partial charge in [0.2, 0.25) is 0 Å². The normalized spacial score (nSPS) is 55.2. The van der Waals surface area contributed by atoms with E-state index in [-0.39, 0.29) is 12.2 Å². The molecule has 0 amide bonds. The standard InChI is InChI=1S/C11H18O2/c1-10(2)7-5-8(10)11(3-4-12)9(6-7)13-11/h7-9,12H,3-6H2,1-2H3/t7?,8?,9-,11+/m1/s1. The second-order valence-corrected chi connectivity index (χ2v) is 5.58. The fourth-order valence-electron chi connectivity index (χ4n) is 3.86. The van der Waals surface area contributed by atoms with Crippen LogP contribution in [0.3, 0.4) is 0 Å². The second kappa shape index (κ2) is 2.12. The smallest absolute Gasteiger partial charge is 0.100 e. The number of hydrogen-bond acceptors (Lipinski definition) is 2. The van der Waals surface area contributed by atoms with Crippen LogP contribution in [-0.2, 0) is 4.74 Å². The number of aliphatic hydroxyl groups is 1. The molecule has 0 aromatic heterocycles. The van der Waals surface area contributed by atoms with Crippen LogP contribution in [0.5, 0.6) is 0 Å². The molecule has 2 bridgehead atoms. The first-order chi connectivity index (χ1) is 6.11. The van der Waals surface area contributed by atoms with Crippen LogP contribution in [0.4, 0.5) is 0 Å². The Morgan fingerprint density at radius 1 is 1.38 bits per heavy atom. The van der Waals surface area contributed by atoms with Gasteiger partial charge in [-0.3, -0.25) is 0 Å². The molecule has 1 saturated heterocycles. The number of hydrogen-bond donors (Lipinski definition) is 1. The van der Waals surface area contributed by atoms with E-state index in [2.05, 4.69) is 13.8 Å². The maximum Gasteiger partial charge on any atom is 0.100 e. The summed E-state index contributed by atoms with van der Waals surface area (Å²) in [4.78, 5) is 0. The predicted molar refractivity (Wildman–Crippen MR) is 49.3 cm³/mol. The highest BCUT2D eigenvalue weighted by Crippen LogP contribution is 2.71. The molecule has 3 aliphatic carbocycles. The SMILES string of the molecule is CC1(C)C2CC1[C@]1(CCO)O[C@@H]1C2. The minimum Gasteiger partial charge on any atom is -0.396 e. The monoisotopic (exact) mass is 182 g/mol. The van der Waals surface area contributed by atoms with E-state index in [1.807, 2.05) is 0 Å². The first kappa shape index (κ1) is 8.25. The van der Waals surface area contributed by atoms with Crippen molar-refractivity contribution in [3.63, 3.8) is 0 Å². The summed E-state index contributed by atoms with van der Waals surface area (Å²) < 4.78 is 5.84. The summed E-state index contributed by atoms with van der Waals surface area (Å²) in [6.45, 7) is 5.01. The largest absolute Gasteiger partial charge is 0.396 e. The Balaban J connectivity index is 1.86. The topological polar surface area (TPSA) is 32.8 Å². The molecule has 4 atom stereocenters. The van der Waals surface area contributed by atoms with E-state index in [0.29, 0.717) is 11.5 Å². The third-order valence-electron chi connectivity index (χ3n) is 4.91. The van der Waals surface area contributed by atoms with Crippen molar-refractivity contribution in [1.82, 2.24) is 0 Å². The third kappa shape index (κ3) is 0.774. The van der Waals surface area contributed by atoms with Crippen molar-refractivity contribution in [1.29, 1.82) is 0 Å². The number of ether oxygens (including phenoxy) is 1. The summed E-state index contributed by atoms with van der Waals surface area (Å²) in [6.07, 6.45) is 3.93. The summed E-state index contributed by atoms with van der Waals surface area (Å²) in [5, 5.41) is 9.04. The molecule has 0 aromatic carbocycles. The molecule has 2 unspecified atom stereocenters. The van der Waals surface area contributed by atoms with Crippen LogP contribution in [0.1, 0.15) is 33.1 Å². The Bertz CT molecular complexity index is 248. The van der Waals surface area contributed by atoms with Gasteiger partial charge in [-0.2, -0.15) is 0 Å². The van der Waals surface area contributed by atoms with E-state index in [0.717, 1.165) is 18.3 Å². The predicted octanol–water partition coefficient (Wildman–Crippen LogP) is 1.57. The van der Waals surface area contributed by atoms with Crippen LogP contribution in [0.15, 0.2) is 0 Å². The number of rotatable bonds is 2. The molecule has 2 heteroatoms. The molecule has 1 N–H and O–H groups in total. The molecular weight excluding hydrogens is 164 g/mol. The van der Waals surface area contributed by atoms with E-state index in [1.54, 1.807) is 0 Å². The number of aliphatic hydroxyl groups excluding tert-OH is 1. The minimum absolute atomic E-state index is 0.104. The fraction of sp³-hybridized carbons (Fsp3) is 1.00. The lowest BCUT2D eigenvalue weighted by Gasteiger charge is -2.58. The van der Waals surface area contributed by atoms with Crippen LogP contribution >= 0.6 is 0 Å². The molecule has 4 fully saturated rings. The lowest BCUT2D eigenvalue weighted by atomic mass is 9.45. The van der Waals surface area contributed by atoms with Crippen molar-refractivity contribution < 1.29 is 9.84 Å². The van der Waals surface area contributed by atoms with Gasteiger partial charge in [-0.05, 0) is 30.1 Å². The lowest BCUT2D eigenvalue weighted by Crippen LogP contribution is -2.57. The highest BCUT2D eigenvalue weighted by atomic mass is 16.6. The van der Waals surface area contributed by atoms with Crippen molar-refractivity contribution in [2.75, 3.05) is 6.61 Å². The first-order valence-corrected chi connectivity index (χ1v) is 5.40. The quantitative estimate of drug-likeness (QED) is 0.657. The van der Waals surface area contributed by atoms with Gasteiger partial charge < -0.3 is 9.84 Å². The highest BCUT2D eigenvalue weighted by molar-refractivity contribution is 5.22. The minimum atomic E-state index is 0.104. The van der Waals surface area contributed by atoms with Gasteiger partial charge in [0.25, 0.3) is 0 Å². The van der Waals surface area contributed by atoms with Crippen molar-refractivity contribution in [2.45, 2.75) is 44.8 Å². The van der Waals surface area contributed by atoms with Gasteiger partial charge in [0.15, 0.2) is 0 Å². The third-order valence-corrected chi connectivity index (χ3v) is 4.91. The Morgan fingerprint density at radius 3 is 2.77 bits per heavy atom. The molecule has 0 spiro atoms. The maximum atomic E-state index is 9.04. The van der Waals surface area contributed by atoms with Gasteiger partial charge in [-0.15, -0.1) is 0 Å². The highest BCUT2D eigenvalue weighted by Gasteiger charge is 2.74. The zero-order valence-electron chi connectivity index (χ0n) is 8.42. The summed E-state index contributed by atoms with van der Waals surface area (Å²) >= 11 is 0. The van der Waals surface area contributed by atoms with Crippen LogP contribution < -0.4 is 0 Å². The second-order valence-electron chi connectivity index (χ2n) is 5.58. The van der Waals surface area contributed by atoms with E-state index in [9.17, 15) is 0 Å². The van der Waals surface area contributed by atoms with Gasteiger partial charge in [0.05, 0.1) is 6.10 Å². The Hall–Kier alpha value is -0.0800. The Morgan fingerprint density at radius 2 is 2.15 bits per heavy atom. The van der Waals surface area contributed by atoms with Crippen LogP contribution in [0.2, 0.25) is 0 Å². The summed E-state index contributed by atoms with van der Waals surface area (Å²) in [5.74, 6) is 1.60. The van der Waals surface area contributed by atoms with E-state index < -0.39 is 0 Å². The van der Waals surface area contributed by atoms with Crippen molar-refractivity contribution >= 4 is 0 Å². The van der Waals surface area contributed by atoms with E-state index in [1.165, 1.54) is 12.8 Å². The zero-order chi connectivity index (χ0) is 9.27. The van der Waals surface area contributed by atoms with E-state index in [4.69, 9.17) is 9.84 Å². The van der Waals surface area contributed by atoms with Gasteiger partial charge in [-0.1, -0.05) is 13.8 Å². The van der Waals surface area contributed by atoms with Gasteiger partial charge in [0.1, 0.15) is 5.60 Å². The molecule has 13 heavy (non-hydrogen) atoms. The van der Waals surface area contributed by atoms with Gasteiger partial charge >= 0.3 is 0 Å². The molecule has 1 aliphatic heterocycles. The average molecular weight is 182 g/mol. The van der Waals surface area contributed by atoms with Crippen molar-refractivity contribution in [3.8, 4) is 0 Å². The van der Waals surface area contributed by atoms with Crippen molar-refractivity contribution in [3.05, 3.63) is 0 Å². The van der Waals surface area contributed by atoms with Crippen LogP contribution in [0, 0.1) is 17.3 Å². The van der Waals surface area contributed by atoms with Gasteiger partial charge in [-0.25, -0.2) is 0 Å². The lowest BCUT2D eigenvalue weighted by molar-refractivity contribution is -0.0893. The van der Waals surface area contributed by atoms with E-state index >= 15 is 0 Å². The molecule has 1 heterocycles. The van der Waals surface area contributed by atoms with Crippen molar-refractivity contribution in [2.24, 2.45) is 17.3 Å². The first-order valence-electron chi connectivity index (χ1n) is 5.40. The molecule has 2 nitrogen and oxygen atoms in total. The summed E-state index contributed by atoms with van der Waals surface area (Å²) in [7, 11) is 0. The Labute approximate surface area is 79.3 Å². The molecule has 74 valence electrons. The molecule has 0 aromatic rings. The Kier molecular flexibility index (Phi) is 1.34. The zero-order valence-corrected chi connectivity index (χ0v) is 8.42.